The molecule has 2 atom stereocenters. The van der Waals surface area contributed by atoms with E-state index >= 15 is 0 Å². The summed E-state index contributed by atoms with van der Waals surface area (Å²) in [6, 6.07) is 13.7. The predicted molar refractivity (Wildman–Crippen MR) is 97.5 cm³/mol. The van der Waals surface area contributed by atoms with Crippen molar-refractivity contribution >= 4 is 5.82 Å². The van der Waals surface area contributed by atoms with Gasteiger partial charge in [-0.3, -0.25) is 4.90 Å². The molecule has 25 heavy (non-hydrogen) atoms. The van der Waals surface area contributed by atoms with Crippen LogP contribution < -0.4 is 4.90 Å². The average molecular weight is 342 g/mol. The Balaban J connectivity index is 1.55. The third-order valence-electron chi connectivity index (χ3n) is 4.53. The number of aromatic nitrogens is 2. The lowest BCUT2D eigenvalue weighted by atomic mass is 10.1. The lowest BCUT2D eigenvalue weighted by Crippen LogP contribution is -2.48. The predicted octanol–water partition coefficient (Wildman–Crippen LogP) is 1.74. The van der Waals surface area contributed by atoms with E-state index in [0.717, 1.165) is 37.6 Å². The molecule has 0 amide bonds. The Morgan fingerprint density at radius 2 is 2.12 bits per heavy atom. The normalized spacial score (nSPS) is 19.5. The molecule has 1 aliphatic heterocycles. The molecule has 3 rings (SSSR count). The zero-order valence-corrected chi connectivity index (χ0v) is 14.7. The Bertz CT molecular complexity index is 626. The van der Waals surface area contributed by atoms with Gasteiger partial charge in [-0.05, 0) is 24.6 Å². The second-order valence-electron chi connectivity index (χ2n) is 6.30. The Hall–Kier alpha value is -2.02. The van der Waals surface area contributed by atoms with Gasteiger partial charge in [-0.25, -0.2) is 0 Å². The van der Waals surface area contributed by atoms with Crippen LogP contribution in [-0.4, -0.2) is 65.6 Å². The van der Waals surface area contributed by atoms with Crippen molar-refractivity contribution in [3.63, 3.8) is 0 Å². The summed E-state index contributed by atoms with van der Waals surface area (Å²) in [5, 5.41) is 18.6. The van der Waals surface area contributed by atoms with Crippen LogP contribution in [0, 0.1) is 0 Å². The zero-order valence-electron chi connectivity index (χ0n) is 14.7. The quantitative estimate of drug-likeness (QED) is 0.827. The summed E-state index contributed by atoms with van der Waals surface area (Å²) in [5.41, 5.74) is 0.959. The topological polar surface area (TPSA) is 61.7 Å². The largest absolute Gasteiger partial charge is 0.387 e. The van der Waals surface area contributed by atoms with Crippen LogP contribution >= 0.6 is 0 Å². The highest BCUT2D eigenvalue weighted by Gasteiger charge is 2.24. The Kier molecular flexibility index (Phi) is 6.33. The number of likely N-dealkylation sites (N-methyl/N-ethyl adjacent to an activating group) is 1. The fraction of sp³-hybridized carbons (Fsp3) is 0.474. The van der Waals surface area contributed by atoms with E-state index in [-0.39, 0.29) is 6.10 Å². The number of β-amino-alcohol motifs (C(OH)–C–C–N with tert-alkyl or cyclic N) is 1. The van der Waals surface area contributed by atoms with E-state index in [0.29, 0.717) is 13.2 Å². The van der Waals surface area contributed by atoms with Crippen molar-refractivity contribution in [3.8, 4) is 0 Å². The molecule has 1 fully saturated rings. The summed E-state index contributed by atoms with van der Waals surface area (Å²) in [4.78, 5) is 4.45. The van der Waals surface area contributed by atoms with Gasteiger partial charge in [-0.2, -0.15) is 5.10 Å². The van der Waals surface area contributed by atoms with Crippen molar-refractivity contribution in [1.82, 2.24) is 15.1 Å². The lowest BCUT2D eigenvalue weighted by Gasteiger charge is -2.36. The molecular formula is C19H26N4O2. The van der Waals surface area contributed by atoms with E-state index in [1.54, 1.807) is 6.20 Å². The summed E-state index contributed by atoms with van der Waals surface area (Å²) in [5.74, 6) is 0.870. The molecule has 0 saturated carbocycles. The van der Waals surface area contributed by atoms with Crippen molar-refractivity contribution in [2.24, 2.45) is 0 Å². The minimum atomic E-state index is -0.470. The molecule has 134 valence electrons. The van der Waals surface area contributed by atoms with Crippen LogP contribution in [0.4, 0.5) is 5.82 Å². The van der Waals surface area contributed by atoms with Crippen LogP contribution in [0.1, 0.15) is 18.6 Å². The van der Waals surface area contributed by atoms with Gasteiger partial charge in [0, 0.05) is 38.9 Å². The highest BCUT2D eigenvalue weighted by Crippen LogP contribution is 2.17. The molecular weight excluding hydrogens is 316 g/mol. The molecule has 1 N–H and O–H groups in total. The van der Waals surface area contributed by atoms with E-state index in [4.69, 9.17) is 4.74 Å². The summed E-state index contributed by atoms with van der Waals surface area (Å²) in [6.45, 7) is 6.69. The first kappa shape index (κ1) is 17.8. The number of aliphatic hydroxyl groups is 1. The number of rotatable bonds is 7. The first-order valence-corrected chi connectivity index (χ1v) is 8.86. The number of hydrogen-bond acceptors (Lipinski definition) is 6. The third kappa shape index (κ3) is 4.98. The van der Waals surface area contributed by atoms with Crippen LogP contribution in [0.2, 0.25) is 0 Å². The molecule has 1 aromatic heterocycles. The molecule has 0 spiro atoms. The van der Waals surface area contributed by atoms with Crippen LogP contribution in [0.3, 0.4) is 0 Å². The molecule has 6 nitrogen and oxygen atoms in total. The lowest BCUT2D eigenvalue weighted by molar-refractivity contribution is -0.0368. The van der Waals surface area contributed by atoms with Crippen LogP contribution in [0.25, 0.3) is 0 Å². The molecule has 0 bridgehead atoms. The highest BCUT2D eigenvalue weighted by atomic mass is 16.5. The fourth-order valence-electron chi connectivity index (χ4n) is 3.17. The summed E-state index contributed by atoms with van der Waals surface area (Å²) in [7, 11) is 0. The van der Waals surface area contributed by atoms with Gasteiger partial charge < -0.3 is 14.7 Å². The van der Waals surface area contributed by atoms with Gasteiger partial charge in [0.05, 0.1) is 18.8 Å². The van der Waals surface area contributed by atoms with E-state index in [9.17, 15) is 5.11 Å². The van der Waals surface area contributed by atoms with Gasteiger partial charge in [-0.15, -0.1) is 5.10 Å². The van der Waals surface area contributed by atoms with Gasteiger partial charge in [0.15, 0.2) is 5.82 Å². The van der Waals surface area contributed by atoms with Crippen molar-refractivity contribution in [1.29, 1.82) is 0 Å². The fourth-order valence-corrected chi connectivity index (χ4v) is 3.17. The van der Waals surface area contributed by atoms with Crippen LogP contribution in [0.15, 0.2) is 48.7 Å². The van der Waals surface area contributed by atoms with Gasteiger partial charge >= 0.3 is 0 Å². The average Bonchev–Trinajstić information content (AvgIpc) is 2.68. The maximum absolute atomic E-state index is 10.5. The first-order chi connectivity index (χ1) is 12.3. The zero-order chi connectivity index (χ0) is 17.5. The van der Waals surface area contributed by atoms with Gasteiger partial charge in [-0.1, -0.05) is 30.3 Å². The molecule has 0 unspecified atom stereocenters. The Morgan fingerprint density at radius 3 is 2.84 bits per heavy atom. The van der Waals surface area contributed by atoms with Crippen LogP contribution in [0.5, 0.6) is 0 Å². The van der Waals surface area contributed by atoms with E-state index in [2.05, 4.69) is 26.9 Å². The number of hydrogen-bond donors (Lipinski definition) is 1. The smallest absolute Gasteiger partial charge is 0.151 e. The maximum atomic E-state index is 10.5. The SMILES string of the molecule is CCN(C[C@@H]1CN(C[C@H](O)c2ccccc2)CCO1)c1cccnn1. The van der Waals surface area contributed by atoms with Gasteiger partial charge in [0.25, 0.3) is 0 Å². The maximum Gasteiger partial charge on any atom is 0.151 e. The number of ether oxygens (including phenoxy) is 1. The minimum absolute atomic E-state index is 0.0960. The molecule has 0 aliphatic carbocycles. The standard InChI is InChI=1S/C19H26N4O2/c1-2-23(19-9-6-10-20-21-19)14-17-13-22(11-12-25-17)15-18(24)16-7-4-3-5-8-16/h3-10,17-18,24H,2,11-15H2,1H3/t17-,18-/m0/s1. The molecule has 6 heteroatoms. The third-order valence-corrected chi connectivity index (χ3v) is 4.53. The number of anilines is 1. The highest BCUT2D eigenvalue weighted by molar-refractivity contribution is 5.36. The van der Waals surface area contributed by atoms with E-state index < -0.39 is 6.10 Å². The number of nitrogens with zero attached hydrogens (tertiary/aromatic N) is 4. The molecule has 2 aromatic rings. The van der Waals surface area contributed by atoms with Crippen molar-refractivity contribution < 1.29 is 9.84 Å². The molecule has 1 saturated heterocycles. The Labute approximate surface area is 149 Å². The number of benzene rings is 1. The second-order valence-corrected chi connectivity index (χ2v) is 6.30. The first-order valence-electron chi connectivity index (χ1n) is 8.86. The van der Waals surface area contributed by atoms with E-state index in [1.807, 2.05) is 42.5 Å². The minimum Gasteiger partial charge on any atom is -0.387 e. The monoisotopic (exact) mass is 342 g/mol. The number of morpholine rings is 1. The van der Waals surface area contributed by atoms with Crippen molar-refractivity contribution in [2.75, 3.05) is 44.2 Å². The molecule has 0 radical (unpaired) electrons. The van der Waals surface area contributed by atoms with Gasteiger partial charge in [0.1, 0.15) is 0 Å². The summed E-state index contributed by atoms with van der Waals surface area (Å²) >= 11 is 0. The van der Waals surface area contributed by atoms with Crippen molar-refractivity contribution in [2.45, 2.75) is 19.1 Å². The number of aliphatic hydroxyl groups excluding tert-OH is 1. The van der Waals surface area contributed by atoms with Crippen molar-refractivity contribution in [3.05, 3.63) is 54.2 Å². The summed E-state index contributed by atoms with van der Waals surface area (Å²) < 4.78 is 5.94. The summed E-state index contributed by atoms with van der Waals surface area (Å²) in [6.07, 6.45) is 1.31. The van der Waals surface area contributed by atoms with Crippen LogP contribution in [-0.2, 0) is 4.74 Å². The van der Waals surface area contributed by atoms with Gasteiger partial charge in [0.2, 0.25) is 0 Å². The molecule has 1 aliphatic rings. The molecule has 1 aromatic carbocycles. The second kappa shape index (κ2) is 8.89. The Morgan fingerprint density at radius 1 is 1.28 bits per heavy atom. The molecule has 2 heterocycles. The van der Waals surface area contributed by atoms with E-state index in [1.165, 1.54) is 0 Å².